The standard InChI is InChI=1S/C47H82O6/c1-4-7-10-13-16-19-22-23-26-28-31-34-37-40-46(49)52-43-44(53-47(50)41-38-35-32-29-25-21-18-15-12-9-6-3)42-51-45(48)39-36-33-30-27-24-20-17-14-11-8-5-2/h7,10,16,19,23,26,31,34,44H,4-6,8-9,11-15,17-18,20-22,24-25,27-30,32-33,35-43H2,1-3H3/b10-7-,19-16-,26-23-,34-31-. The average Bonchev–Trinajstić information content (AvgIpc) is 3.15. The Morgan fingerprint density at radius 3 is 1.15 bits per heavy atom. The lowest BCUT2D eigenvalue weighted by atomic mass is 10.1. The number of unbranched alkanes of at least 4 members (excludes halogenated alkanes) is 20. The number of hydrogen-bond acceptors (Lipinski definition) is 6. The molecule has 6 nitrogen and oxygen atoms in total. The van der Waals surface area contributed by atoms with Crippen molar-refractivity contribution >= 4 is 17.9 Å². The van der Waals surface area contributed by atoms with Crippen molar-refractivity contribution in [2.24, 2.45) is 0 Å². The van der Waals surface area contributed by atoms with Gasteiger partial charge in [-0.1, -0.05) is 198 Å². The number of carbonyl (C=O) groups excluding carboxylic acids is 3. The van der Waals surface area contributed by atoms with Gasteiger partial charge >= 0.3 is 17.9 Å². The van der Waals surface area contributed by atoms with Crippen molar-refractivity contribution in [3.05, 3.63) is 48.6 Å². The van der Waals surface area contributed by atoms with E-state index in [4.69, 9.17) is 14.2 Å². The van der Waals surface area contributed by atoms with E-state index in [9.17, 15) is 14.4 Å². The normalized spacial score (nSPS) is 12.4. The molecule has 0 aromatic heterocycles. The number of ether oxygens (including phenoxy) is 3. The second-order valence-corrected chi connectivity index (χ2v) is 14.6. The molecule has 306 valence electrons. The maximum absolute atomic E-state index is 12.7. The molecule has 6 heteroatoms. The van der Waals surface area contributed by atoms with Crippen molar-refractivity contribution in [1.82, 2.24) is 0 Å². The summed E-state index contributed by atoms with van der Waals surface area (Å²) in [7, 11) is 0. The highest BCUT2D eigenvalue weighted by Gasteiger charge is 2.19. The summed E-state index contributed by atoms with van der Waals surface area (Å²) >= 11 is 0. The van der Waals surface area contributed by atoms with Crippen molar-refractivity contribution in [3.63, 3.8) is 0 Å². The third-order valence-corrected chi connectivity index (χ3v) is 9.36. The second kappa shape index (κ2) is 42.1. The van der Waals surface area contributed by atoms with Gasteiger partial charge in [-0.25, -0.2) is 0 Å². The molecule has 0 aromatic rings. The molecule has 0 heterocycles. The number of carbonyl (C=O) groups is 3. The van der Waals surface area contributed by atoms with Crippen molar-refractivity contribution < 1.29 is 28.6 Å². The molecule has 0 N–H and O–H groups in total. The van der Waals surface area contributed by atoms with Crippen LogP contribution in [0.5, 0.6) is 0 Å². The molecular weight excluding hydrogens is 661 g/mol. The summed E-state index contributed by atoms with van der Waals surface area (Å²) in [6.45, 7) is 6.43. The first-order valence-corrected chi connectivity index (χ1v) is 22.1. The van der Waals surface area contributed by atoms with Crippen LogP contribution in [-0.4, -0.2) is 37.2 Å². The van der Waals surface area contributed by atoms with Crippen LogP contribution in [0, 0.1) is 0 Å². The number of hydrogen-bond donors (Lipinski definition) is 0. The van der Waals surface area contributed by atoms with Crippen LogP contribution in [0.2, 0.25) is 0 Å². The van der Waals surface area contributed by atoms with Crippen LogP contribution in [0.15, 0.2) is 48.6 Å². The highest BCUT2D eigenvalue weighted by molar-refractivity contribution is 5.71. The minimum Gasteiger partial charge on any atom is -0.462 e. The lowest BCUT2D eigenvalue weighted by Crippen LogP contribution is -2.30. The van der Waals surface area contributed by atoms with Gasteiger partial charge in [0.15, 0.2) is 6.10 Å². The lowest BCUT2D eigenvalue weighted by molar-refractivity contribution is -0.166. The number of allylic oxidation sites excluding steroid dienone is 8. The van der Waals surface area contributed by atoms with E-state index >= 15 is 0 Å². The van der Waals surface area contributed by atoms with E-state index in [2.05, 4.69) is 57.2 Å². The van der Waals surface area contributed by atoms with Gasteiger partial charge in [-0.15, -0.1) is 0 Å². The molecule has 0 saturated heterocycles. The van der Waals surface area contributed by atoms with Crippen molar-refractivity contribution in [1.29, 1.82) is 0 Å². The summed E-state index contributed by atoms with van der Waals surface area (Å²) in [6.07, 6.45) is 48.2. The second-order valence-electron chi connectivity index (χ2n) is 14.6. The summed E-state index contributed by atoms with van der Waals surface area (Å²) < 4.78 is 16.6. The zero-order valence-corrected chi connectivity index (χ0v) is 34.8. The molecule has 0 aliphatic carbocycles. The highest BCUT2D eigenvalue weighted by atomic mass is 16.6. The van der Waals surface area contributed by atoms with E-state index in [0.29, 0.717) is 19.3 Å². The zero-order chi connectivity index (χ0) is 38.7. The van der Waals surface area contributed by atoms with Crippen molar-refractivity contribution in [2.45, 2.75) is 219 Å². The summed E-state index contributed by atoms with van der Waals surface area (Å²) in [5.41, 5.74) is 0. The molecule has 0 aliphatic rings. The Morgan fingerprint density at radius 1 is 0.396 bits per heavy atom. The Balaban J connectivity index is 4.46. The van der Waals surface area contributed by atoms with Crippen LogP contribution in [0.25, 0.3) is 0 Å². The van der Waals surface area contributed by atoms with Gasteiger partial charge in [0.05, 0.1) is 0 Å². The largest absolute Gasteiger partial charge is 0.462 e. The Labute approximate surface area is 327 Å². The van der Waals surface area contributed by atoms with Gasteiger partial charge in [0.1, 0.15) is 13.2 Å². The van der Waals surface area contributed by atoms with E-state index in [1.807, 2.05) is 12.2 Å². The summed E-state index contributed by atoms with van der Waals surface area (Å²) in [5.74, 6) is -0.979. The van der Waals surface area contributed by atoms with Gasteiger partial charge < -0.3 is 14.2 Å². The fourth-order valence-electron chi connectivity index (χ4n) is 6.04. The molecule has 0 radical (unpaired) electrons. The third kappa shape index (κ3) is 40.4. The first kappa shape index (κ1) is 50.4. The first-order chi connectivity index (χ1) is 26.0. The molecular formula is C47H82O6. The minimum atomic E-state index is -0.794. The summed E-state index contributed by atoms with van der Waals surface area (Å²) in [6, 6.07) is 0. The fourth-order valence-corrected chi connectivity index (χ4v) is 6.04. The van der Waals surface area contributed by atoms with Gasteiger partial charge in [-0.2, -0.15) is 0 Å². The molecule has 0 fully saturated rings. The van der Waals surface area contributed by atoms with E-state index in [1.165, 1.54) is 103 Å². The van der Waals surface area contributed by atoms with Crippen LogP contribution < -0.4 is 0 Å². The molecule has 53 heavy (non-hydrogen) atoms. The van der Waals surface area contributed by atoms with Crippen molar-refractivity contribution in [2.75, 3.05) is 13.2 Å². The predicted molar refractivity (Wildman–Crippen MR) is 224 cm³/mol. The Bertz CT molecular complexity index is 949. The van der Waals surface area contributed by atoms with E-state index < -0.39 is 6.10 Å². The molecule has 0 aliphatic heterocycles. The Morgan fingerprint density at radius 2 is 0.736 bits per heavy atom. The molecule has 0 rings (SSSR count). The molecule has 0 spiro atoms. The third-order valence-electron chi connectivity index (χ3n) is 9.36. The minimum absolute atomic E-state index is 0.0923. The number of rotatable bonds is 39. The maximum Gasteiger partial charge on any atom is 0.306 e. The highest BCUT2D eigenvalue weighted by Crippen LogP contribution is 2.14. The van der Waals surface area contributed by atoms with Crippen LogP contribution in [0.3, 0.4) is 0 Å². The predicted octanol–water partition coefficient (Wildman–Crippen LogP) is 14.0. The molecule has 0 aromatic carbocycles. The van der Waals surface area contributed by atoms with Gasteiger partial charge in [-0.3, -0.25) is 14.4 Å². The first-order valence-electron chi connectivity index (χ1n) is 22.1. The topological polar surface area (TPSA) is 78.9 Å². The monoisotopic (exact) mass is 743 g/mol. The fraction of sp³-hybridized carbons (Fsp3) is 0.766. The molecule has 1 unspecified atom stereocenters. The average molecular weight is 743 g/mol. The molecule has 0 saturated carbocycles. The molecule has 1 atom stereocenters. The maximum atomic E-state index is 12.7. The zero-order valence-electron chi connectivity index (χ0n) is 34.8. The van der Waals surface area contributed by atoms with Crippen LogP contribution >= 0.6 is 0 Å². The van der Waals surface area contributed by atoms with Crippen LogP contribution in [0.4, 0.5) is 0 Å². The van der Waals surface area contributed by atoms with Gasteiger partial charge in [-0.05, 0) is 44.9 Å². The number of esters is 3. The van der Waals surface area contributed by atoms with E-state index in [1.54, 1.807) is 0 Å². The summed E-state index contributed by atoms with van der Waals surface area (Å²) in [5, 5.41) is 0. The van der Waals surface area contributed by atoms with Gasteiger partial charge in [0, 0.05) is 19.3 Å². The van der Waals surface area contributed by atoms with E-state index in [0.717, 1.165) is 64.2 Å². The van der Waals surface area contributed by atoms with Crippen LogP contribution in [0.1, 0.15) is 213 Å². The van der Waals surface area contributed by atoms with Gasteiger partial charge in [0.2, 0.25) is 0 Å². The Kier molecular flexibility index (Phi) is 40.0. The quantitative estimate of drug-likeness (QED) is 0.0270. The van der Waals surface area contributed by atoms with Crippen molar-refractivity contribution in [3.8, 4) is 0 Å². The summed E-state index contributed by atoms with van der Waals surface area (Å²) in [4.78, 5) is 37.6. The lowest BCUT2D eigenvalue weighted by Gasteiger charge is -2.18. The molecule has 0 bridgehead atoms. The Hall–Kier alpha value is -2.63. The van der Waals surface area contributed by atoms with Gasteiger partial charge in [0.25, 0.3) is 0 Å². The smallest absolute Gasteiger partial charge is 0.306 e. The van der Waals surface area contributed by atoms with E-state index in [-0.39, 0.29) is 37.5 Å². The van der Waals surface area contributed by atoms with Crippen LogP contribution in [-0.2, 0) is 28.6 Å². The SMILES string of the molecule is CC/C=C\C/C=C\C/C=C\C/C=C\CCC(=O)OCC(COC(=O)CCCCCCCCCCCCC)OC(=O)CCCCCCCCCCCCC. The molecule has 0 amide bonds.